The number of ether oxygens (including phenoxy) is 2. The summed E-state index contributed by atoms with van der Waals surface area (Å²) in [6, 6.07) is 13.6. The molecule has 0 aliphatic carbocycles. The van der Waals surface area contributed by atoms with Crippen LogP contribution in [-0.4, -0.2) is 13.7 Å². The molecule has 0 atom stereocenters. The van der Waals surface area contributed by atoms with Crippen LogP contribution >= 0.6 is 11.6 Å². The van der Waals surface area contributed by atoms with Crippen LogP contribution in [0.25, 0.3) is 0 Å². The molecule has 0 spiro atoms. The molecule has 0 fully saturated rings. The molecule has 0 saturated carbocycles. The monoisotopic (exact) mass is 291 g/mol. The predicted octanol–water partition coefficient (Wildman–Crippen LogP) is 4.36. The van der Waals surface area contributed by atoms with Crippen molar-refractivity contribution in [1.82, 2.24) is 0 Å². The van der Waals surface area contributed by atoms with Crippen molar-refractivity contribution >= 4 is 17.3 Å². The van der Waals surface area contributed by atoms with Gasteiger partial charge in [-0.15, -0.1) is 0 Å². The first-order chi connectivity index (χ1) is 9.72. The molecule has 0 saturated heterocycles. The van der Waals surface area contributed by atoms with Gasteiger partial charge in [0.1, 0.15) is 0 Å². The number of benzene rings is 2. The Hall–Kier alpha value is -1.87. The van der Waals surface area contributed by atoms with Crippen LogP contribution in [0, 0.1) is 0 Å². The Morgan fingerprint density at radius 3 is 2.65 bits per heavy atom. The highest BCUT2D eigenvalue weighted by molar-refractivity contribution is 6.30. The lowest BCUT2D eigenvalue weighted by atomic mass is 10.2. The minimum Gasteiger partial charge on any atom is -0.493 e. The summed E-state index contributed by atoms with van der Waals surface area (Å²) in [6.45, 7) is 3.26. The summed E-state index contributed by atoms with van der Waals surface area (Å²) in [4.78, 5) is 0. The maximum atomic E-state index is 5.97. The fourth-order valence-corrected chi connectivity index (χ4v) is 2.12. The Kier molecular flexibility index (Phi) is 5.13. The number of methoxy groups -OCH3 is 1. The number of hydrogen-bond acceptors (Lipinski definition) is 3. The topological polar surface area (TPSA) is 30.5 Å². The normalized spacial score (nSPS) is 10.2. The van der Waals surface area contributed by atoms with Gasteiger partial charge in [0, 0.05) is 23.3 Å². The lowest BCUT2D eigenvalue weighted by Crippen LogP contribution is -2.01. The molecule has 3 nitrogen and oxygen atoms in total. The van der Waals surface area contributed by atoms with Gasteiger partial charge in [0.2, 0.25) is 0 Å². The van der Waals surface area contributed by atoms with Crippen molar-refractivity contribution in [2.45, 2.75) is 13.5 Å². The molecule has 20 heavy (non-hydrogen) atoms. The lowest BCUT2D eigenvalue weighted by Gasteiger charge is -2.12. The smallest absolute Gasteiger partial charge is 0.163 e. The van der Waals surface area contributed by atoms with Gasteiger partial charge in [-0.3, -0.25) is 0 Å². The van der Waals surface area contributed by atoms with Crippen LogP contribution in [0.15, 0.2) is 42.5 Å². The van der Waals surface area contributed by atoms with Gasteiger partial charge in [-0.2, -0.15) is 0 Å². The molecule has 106 valence electrons. The Morgan fingerprint density at radius 1 is 1.10 bits per heavy atom. The third-order valence-electron chi connectivity index (χ3n) is 2.85. The molecule has 0 aliphatic rings. The summed E-state index contributed by atoms with van der Waals surface area (Å²) >= 11 is 5.97. The third-order valence-corrected chi connectivity index (χ3v) is 3.08. The number of nitrogens with one attached hydrogen (secondary N) is 1. The second-order valence-corrected chi connectivity index (χ2v) is 4.72. The van der Waals surface area contributed by atoms with Crippen molar-refractivity contribution in [3.63, 3.8) is 0 Å². The highest BCUT2D eigenvalue weighted by atomic mass is 35.5. The number of anilines is 1. The van der Waals surface area contributed by atoms with E-state index in [0.29, 0.717) is 13.2 Å². The first kappa shape index (κ1) is 14.5. The molecule has 0 aliphatic heterocycles. The van der Waals surface area contributed by atoms with E-state index in [4.69, 9.17) is 21.1 Å². The molecule has 2 aromatic rings. The second-order valence-electron chi connectivity index (χ2n) is 4.28. The minimum absolute atomic E-state index is 0.605. The van der Waals surface area contributed by atoms with Crippen LogP contribution in [0.2, 0.25) is 5.02 Å². The Labute approximate surface area is 124 Å². The van der Waals surface area contributed by atoms with Gasteiger partial charge in [-0.1, -0.05) is 23.7 Å². The SMILES string of the molecule is CCOc1cc(NCc2cccc(Cl)c2)ccc1OC. The van der Waals surface area contributed by atoms with Gasteiger partial charge in [-0.05, 0) is 36.8 Å². The van der Waals surface area contributed by atoms with Gasteiger partial charge in [0.15, 0.2) is 11.5 Å². The van der Waals surface area contributed by atoms with Crippen LogP contribution in [0.3, 0.4) is 0 Å². The van der Waals surface area contributed by atoms with Crippen molar-refractivity contribution in [1.29, 1.82) is 0 Å². The van der Waals surface area contributed by atoms with E-state index in [1.54, 1.807) is 7.11 Å². The fourth-order valence-electron chi connectivity index (χ4n) is 1.91. The Balaban J connectivity index is 2.07. The minimum atomic E-state index is 0.605. The molecule has 0 heterocycles. The van der Waals surface area contributed by atoms with Crippen molar-refractivity contribution in [2.24, 2.45) is 0 Å². The molecular weight excluding hydrogens is 274 g/mol. The van der Waals surface area contributed by atoms with Crippen molar-refractivity contribution < 1.29 is 9.47 Å². The van der Waals surface area contributed by atoms with Gasteiger partial charge >= 0.3 is 0 Å². The summed E-state index contributed by atoms with van der Waals surface area (Å²) in [7, 11) is 1.64. The molecule has 0 aromatic heterocycles. The first-order valence-electron chi connectivity index (χ1n) is 6.52. The van der Waals surface area contributed by atoms with E-state index in [2.05, 4.69) is 5.32 Å². The average Bonchev–Trinajstić information content (AvgIpc) is 2.46. The molecular formula is C16H18ClNO2. The number of halogens is 1. The van der Waals surface area contributed by atoms with Gasteiger partial charge in [0.05, 0.1) is 13.7 Å². The molecule has 0 amide bonds. The second kappa shape index (κ2) is 7.06. The maximum absolute atomic E-state index is 5.97. The van der Waals surface area contributed by atoms with Gasteiger partial charge in [0.25, 0.3) is 0 Å². The average molecular weight is 292 g/mol. The number of rotatable bonds is 6. The van der Waals surface area contributed by atoms with E-state index in [-0.39, 0.29) is 0 Å². The zero-order valence-corrected chi connectivity index (χ0v) is 12.4. The van der Waals surface area contributed by atoms with Gasteiger partial charge in [-0.25, -0.2) is 0 Å². The zero-order chi connectivity index (χ0) is 14.4. The van der Waals surface area contributed by atoms with Crippen LogP contribution in [-0.2, 0) is 6.54 Å². The number of hydrogen-bond donors (Lipinski definition) is 1. The van der Waals surface area contributed by atoms with Gasteiger partial charge < -0.3 is 14.8 Å². The molecule has 0 bridgehead atoms. The van der Waals surface area contributed by atoms with Crippen LogP contribution in [0.5, 0.6) is 11.5 Å². The van der Waals surface area contributed by atoms with Crippen molar-refractivity contribution in [2.75, 3.05) is 19.0 Å². The molecule has 2 rings (SSSR count). The highest BCUT2D eigenvalue weighted by Crippen LogP contribution is 2.30. The summed E-state index contributed by atoms with van der Waals surface area (Å²) in [5, 5.41) is 4.09. The van der Waals surface area contributed by atoms with E-state index < -0.39 is 0 Å². The Morgan fingerprint density at radius 2 is 1.95 bits per heavy atom. The molecule has 2 aromatic carbocycles. The van der Waals surface area contributed by atoms with E-state index in [1.807, 2.05) is 49.4 Å². The fraction of sp³-hybridized carbons (Fsp3) is 0.250. The highest BCUT2D eigenvalue weighted by Gasteiger charge is 2.05. The van der Waals surface area contributed by atoms with E-state index in [0.717, 1.165) is 27.8 Å². The summed E-state index contributed by atoms with van der Waals surface area (Å²) in [5.74, 6) is 1.48. The predicted molar refractivity (Wildman–Crippen MR) is 82.9 cm³/mol. The third kappa shape index (κ3) is 3.81. The van der Waals surface area contributed by atoms with Crippen LogP contribution in [0.4, 0.5) is 5.69 Å². The lowest BCUT2D eigenvalue weighted by molar-refractivity contribution is 0.311. The first-order valence-corrected chi connectivity index (χ1v) is 6.90. The van der Waals surface area contributed by atoms with E-state index >= 15 is 0 Å². The van der Waals surface area contributed by atoms with Crippen LogP contribution in [0.1, 0.15) is 12.5 Å². The summed E-state index contributed by atoms with van der Waals surface area (Å²) < 4.78 is 10.8. The van der Waals surface area contributed by atoms with Crippen LogP contribution < -0.4 is 14.8 Å². The van der Waals surface area contributed by atoms with E-state index in [9.17, 15) is 0 Å². The van der Waals surface area contributed by atoms with Crippen molar-refractivity contribution in [3.8, 4) is 11.5 Å². The van der Waals surface area contributed by atoms with Crippen molar-refractivity contribution in [3.05, 3.63) is 53.1 Å². The maximum Gasteiger partial charge on any atom is 0.163 e. The molecule has 1 N–H and O–H groups in total. The molecule has 0 unspecified atom stereocenters. The molecule has 0 radical (unpaired) electrons. The molecule has 4 heteroatoms. The quantitative estimate of drug-likeness (QED) is 0.858. The zero-order valence-electron chi connectivity index (χ0n) is 11.7. The summed E-state index contributed by atoms with van der Waals surface area (Å²) in [5.41, 5.74) is 2.11. The standard InChI is InChI=1S/C16H18ClNO2/c1-3-20-16-10-14(7-8-15(16)19-2)18-11-12-5-4-6-13(17)9-12/h4-10,18H,3,11H2,1-2H3. The largest absolute Gasteiger partial charge is 0.493 e. The summed E-state index contributed by atoms with van der Waals surface area (Å²) in [6.07, 6.45) is 0. The Bertz CT molecular complexity index is 572. The van der Waals surface area contributed by atoms with E-state index in [1.165, 1.54) is 0 Å².